The average molecular weight is 403 g/mol. The highest BCUT2D eigenvalue weighted by Gasteiger charge is 2.33. The fourth-order valence-electron chi connectivity index (χ4n) is 3.05. The van der Waals surface area contributed by atoms with Gasteiger partial charge in [0.2, 0.25) is 15.9 Å². The molecule has 0 spiro atoms. The molecule has 0 aliphatic carbocycles. The zero-order chi connectivity index (χ0) is 19.7. The van der Waals surface area contributed by atoms with E-state index >= 15 is 0 Å². The summed E-state index contributed by atoms with van der Waals surface area (Å²) in [5, 5.41) is 2.73. The SMILES string of the molecule is CCN(CC)S(=O)(=O)c1cc(C)c(C)c(NC(=O)[C@H]2CCS(=O)(=O)C2)c1. The Bertz CT molecular complexity index is 903. The summed E-state index contributed by atoms with van der Waals surface area (Å²) in [5.74, 6) is -1.12. The molecule has 26 heavy (non-hydrogen) atoms. The largest absolute Gasteiger partial charge is 0.326 e. The number of sulfonamides is 1. The second-order valence-electron chi connectivity index (χ2n) is 6.59. The van der Waals surface area contributed by atoms with Crippen LogP contribution in [0, 0.1) is 19.8 Å². The lowest BCUT2D eigenvalue weighted by Crippen LogP contribution is -2.31. The van der Waals surface area contributed by atoms with E-state index in [-0.39, 0.29) is 22.3 Å². The molecule has 1 atom stereocenters. The minimum atomic E-state index is -3.65. The third-order valence-corrected chi connectivity index (χ3v) is 8.64. The maximum absolute atomic E-state index is 12.8. The Morgan fingerprint density at radius 3 is 2.35 bits per heavy atom. The summed E-state index contributed by atoms with van der Waals surface area (Å²) in [4.78, 5) is 12.6. The summed E-state index contributed by atoms with van der Waals surface area (Å²) < 4.78 is 50.1. The van der Waals surface area contributed by atoms with Gasteiger partial charge in [0.1, 0.15) is 0 Å². The summed E-state index contributed by atoms with van der Waals surface area (Å²) in [7, 11) is -6.81. The summed E-state index contributed by atoms with van der Waals surface area (Å²) >= 11 is 0. The van der Waals surface area contributed by atoms with Gasteiger partial charge in [-0.25, -0.2) is 16.8 Å². The van der Waals surface area contributed by atoms with Gasteiger partial charge in [-0.05, 0) is 43.5 Å². The van der Waals surface area contributed by atoms with E-state index in [1.165, 1.54) is 10.4 Å². The van der Waals surface area contributed by atoms with Gasteiger partial charge in [-0.15, -0.1) is 0 Å². The zero-order valence-corrected chi connectivity index (χ0v) is 17.2. The van der Waals surface area contributed by atoms with Crippen molar-refractivity contribution < 1.29 is 21.6 Å². The quantitative estimate of drug-likeness (QED) is 0.781. The van der Waals surface area contributed by atoms with Crippen molar-refractivity contribution in [2.75, 3.05) is 29.9 Å². The molecule has 1 aromatic carbocycles. The lowest BCUT2D eigenvalue weighted by atomic mass is 10.1. The molecule has 0 unspecified atom stereocenters. The van der Waals surface area contributed by atoms with Gasteiger partial charge in [0.15, 0.2) is 9.84 Å². The number of sulfone groups is 1. The first-order chi connectivity index (χ1) is 12.0. The molecule has 7 nitrogen and oxygen atoms in total. The van der Waals surface area contributed by atoms with Crippen LogP contribution in [0.5, 0.6) is 0 Å². The monoisotopic (exact) mass is 402 g/mol. The number of carbonyl (C=O) groups excluding carboxylic acids is 1. The topological polar surface area (TPSA) is 101 Å². The van der Waals surface area contributed by atoms with Gasteiger partial charge in [-0.2, -0.15) is 4.31 Å². The Morgan fingerprint density at radius 1 is 1.23 bits per heavy atom. The van der Waals surface area contributed by atoms with Gasteiger partial charge in [0.05, 0.1) is 22.3 Å². The molecule has 146 valence electrons. The standard InChI is InChI=1S/C17H26N2O5S2/c1-5-19(6-2)26(23,24)15-9-12(3)13(4)16(10-15)18-17(20)14-7-8-25(21,22)11-14/h9-10,14H,5-8,11H2,1-4H3,(H,18,20)/t14-/m0/s1. The van der Waals surface area contributed by atoms with Crippen LogP contribution in [0.25, 0.3) is 0 Å². The maximum Gasteiger partial charge on any atom is 0.243 e. The molecule has 1 amide bonds. The number of nitrogens with one attached hydrogen (secondary N) is 1. The van der Waals surface area contributed by atoms with E-state index in [1.54, 1.807) is 33.8 Å². The van der Waals surface area contributed by atoms with Crippen molar-refractivity contribution in [3.05, 3.63) is 23.3 Å². The second kappa shape index (κ2) is 7.66. The smallest absolute Gasteiger partial charge is 0.243 e. The predicted molar refractivity (Wildman–Crippen MR) is 101 cm³/mol. The van der Waals surface area contributed by atoms with E-state index in [0.717, 1.165) is 11.1 Å². The van der Waals surface area contributed by atoms with Crippen LogP contribution in [0.2, 0.25) is 0 Å². The molecule has 1 aliphatic heterocycles. The molecular weight excluding hydrogens is 376 g/mol. The van der Waals surface area contributed by atoms with Crippen molar-refractivity contribution in [2.24, 2.45) is 5.92 Å². The minimum absolute atomic E-state index is 0.0134. The highest BCUT2D eigenvalue weighted by Crippen LogP contribution is 2.28. The molecule has 9 heteroatoms. The number of aryl methyl sites for hydroxylation is 1. The third kappa shape index (κ3) is 4.27. The van der Waals surface area contributed by atoms with Crippen molar-refractivity contribution in [3.63, 3.8) is 0 Å². The number of carbonyl (C=O) groups is 1. The van der Waals surface area contributed by atoms with Crippen LogP contribution in [-0.4, -0.2) is 51.6 Å². The Balaban J connectivity index is 2.35. The van der Waals surface area contributed by atoms with Gasteiger partial charge < -0.3 is 5.32 Å². The molecular formula is C17H26N2O5S2. The average Bonchev–Trinajstić information content (AvgIpc) is 2.92. The number of benzene rings is 1. The van der Waals surface area contributed by atoms with Gasteiger partial charge in [-0.3, -0.25) is 4.79 Å². The molecule has 1 heterocycles. The predicted octanol–water partition coefficient (Wildman–Crippen LogP) is 1.71. The van der Waals surface area contributed by atoms with Crippen molar-refractivity contribution in [3.8, 4) is 0 Å². The van der Waals surface area contributed by atoms with E-state index in [4.69, 9.17) is 0 Å². The van der Waals surface area contributed by atoms with E-state index in [9.17, 15) is 21.6 Å². The highest BCUT2D eigenvalue weighted by atomic mass is 32.2. The van der Waals surface area contributed by atoms with Crippen molar-refractivity contribution >= 4 is 31.5 Å². The summed E-state index contributed by atoms with van der Waals surface area (Å²) in [6.07, 6.45) is 0.295. The molecule has 1 aliphatic rings. The fourth-order valence-corrected chi connectivity index (χ4v) is 6.37. The van der Waals surface area contributed by atoms with Crippen LogP contribution in [0.1, 0.15) is 31.4 Å². The van der Waals surface area contributed by atoms with Crippen molar-refractivity contribution in [1.29, 1.82) is 0 Å². The molecule has 0 radical (unpaired) electrons. The summed E-state index contributed by atoms with van der Waals surface area (Å²) in [6, 6.07) is 3.05. The Morgan fingerprint density at radius 2 is 1.85 bits per heavy atom. The van der Waals surface area contributed by atoms with Crippen LogP contribution in [0.4, 0.5) is 5.69 Å². The zero-order valence-electron chi connectivity index (χ0n) is 15.6. The first-order valence-electron chi connectivity index (χ1n) is 8.64. The molecule has 2 rings (SSSR count). The summed E-state index contributed by atoms with van der Waals surface area (Å²) in [5.41, 5.74) is 1.91. The molecule has 1 N–H and O–H groups in total. The van der Waals surface area contributed by atoms with E-state index in [1.807, 2.05) is 0 Å². The molecule has 0 saturated carbocycles. The van der Waals surface area contributed by atoms with Gasteiger partial charge in [0, 0.05) is 18.8 Å². The van der Waals surface area contributed by atoms with Gasteiger partial charge >= 0.3 is 0 Å². The number of amides is 1. The number of hydrogen-bond acceptors (Lipinski definition) is 5. The molecule has 1 fully saturated rings. The Hall–Kier alpha value is -1.45. The number of rotatable bonds is 6. The maximum atomic E-state index is 12.8. The lowest BCUT2D eigenvalue weighted by Gasteiger charge is -2.21. The summed E-state index contributed by atoms with van der Waals surface area (Å²) in [6.45, 7) is 7.83. The van der Waals surface area contributed by atoms with E-state index < -0.39 is 25.8 Å². The van der Waals surface area contributed by atoms with Crippen molar-refractivity contribution in [1.82, 2.24) is 4.31 Å². The van der Waals surface area contributed by atoms with Crippen LogP contribution in [0.15, 0.2) is 17.0 Å². The fraction of sp³-hybridized carbons (Fsp3) is 0.588. The number of nitrogens with zero attached hydrogens (tertiary/aromatic N) is 1. The highest BCUT2D eigenvalue weighted by molar-refractivity contribution is 7.91. The van der Waals surface area contributed by atoms with Crippen LogP contribution in [0.3, 0.4) is 0 Å². The Labute approximate surface area is 155 Å². The van der Waals surface area contributed by atoms with Gasteiger partial charge in [-0.1, -0.05) is 13.8 Å². The number of hydrogen-bond donors (Lipinski definition) is 1. The second-order valence-corrected chi connectivity index (χ2v) is 10.8. The first-order valence-corrected chi connectivity index (χ1v) is 11.9. The van der Waals surface area contributed by atoms with Crippen LogP contribution < -0.4 is 5.32 Å². The molecule has 1 saturated heterocycles. The Kier molecular flexibility index (Phi) is 6.14. The first kappa shape index (κ1) is 20.9. The van der Waals surface area contributed by atoms with Crippen molar-refractivity contribution in [2.45, 2.75) is 39.0 Å². The third-order valence-electron chi connectivity index (χ3n) is 4.85. The molecule has 0 bridgehead atoms. The van der Waals surface area contributed by atoms with Crippen LogP contribution in [-0.2, 0) is 24.7 Å². The normalized spacial score (nSPS) is 19.7. The lowest BCUT2D eigenvalue weighted by molar-refractivity contribution is -0.119. The number of anilines is 1. The minimum Gasteiger partial charge on any atom is -0.326 e. The van der Waals surface area contributed by atoms with E-state index in [2.05, 4.69) is 5.32 Å². The van der Waals surface area contributed by atoms with E-state index in [0.29, 0.717) is 25.2 Å². The van der Waals surface area contributed by atoms with Gasteiger partial charge in [0.25, 0.3) is 0 Å². The molecule has 0 aromatic heterocycles. The molecule has 1 aromatic rings. The van der Waals surface area contributed by atoms with Crippen LogP contribution >= 0.6 is 0 Å².